The Morgan fingerprint density at radius 3 is 2.12 bits per heavy atom. The van der Waals surface area contributed by atoms with E-state index in [0.29, 0.717) is 6.92 Å². The van der Waals surface area contributed by atoms with Crippen LogP contribution in [0.2, 0.25) is 0 Å². The van der Waals surface area contributed by atoms with Gasteiger partial charge >= 0.3 is 12.1 Å². The van der Waals surface area contributed by atoms with Crippen molar-refractivity contribution in [2.24, 2.45) is 11.7 Å². The number of nitrogens with one attached hydrogen (secondary N) is 1. The molecule has 1 amide bonds. The molecule has 0 aliphatic carbocycles. The molecule has 0 heterocycles. The van der Waals surface area contributed by atoms with Gasteiger partial charge in [0.2, 0.25) is 11.4 Å². The highest BCUT2D eigenvalue weighted by molar-refractivity contribution is 5.80. The van der Waals surface area contributed by atoms with Gasteiger partial charge in [0.05, 0.1) is 0 Å². The monoisotopic (exact) mass is 242 g/mol. The third kappa shape index (κ3) is 3.09. The molecule has 0 saturated carbocycles. The number of carboxylic acid groups (broad SMARTS) is 1. The second-order valence-corrected chi connectivity index (χ2v) is 3.61. The van der Waals surface area contributed by atoms with Crippen molar-refractivity contribution in [1.82, 2.24) is 5.32 Å². The Labute approximate surface area is 89.8 Å². The van der Waals surface area contributed by atoms with E-state index in [1.807, 2.05) is 0 Å². The van der Waals surface area contributed by atoms with Crippen LogP contribution in [0.3, 0.4) is 0 Å². The zero-order valence-corrected chi connectivity index (χ0v) is 8.76. The molecular formula is C8H13F3N2O3. The summed E-state index contributed by atoms with van der Waals surface area (Å²) in [7, 11) is 0. The number of primary amides is 1. The Morgan fingerprint density at radius 2 is 1.88 bits per heavy atom. The number of hydrogen-bond donors (Lipinski definition) is 3. The lowest BCUT2D eigenvalue weighted by atomic mass is 10.0. The summed E-state index contributed by atoms with van der Waals surface area (Å²) in [6.07, 6.45) is -4.96. The molecule has 94 valence electrons. The van der Waals surface area contributed by atoms with E-state index < -0.39 is 36.1 Å². The van der Waals surface area contributed by atoms with Crippen molar-refractivity contribution in [1.29, 1.82) is 0 Å². The van der Waals surface area contributed by atoms with Crippen LogP contribution in [0, 0.1) is 5.92 Å². The maximum atomic E-state index is 12.4. The maximum absolute atomic E-state index is 12.4. The molecule has 0 fully saturated rings. The van der Waals surface area contributed by atoms with Gasteiger partial charge in [0.1, 0.15) is 0 Å². The molecule has 0 aliphatic rings. The lowest BCUT2D eigenvalue weighted by Gasteiger charge is -2.29. The number of rotatable bonds is 5. The van der Waals surface area contributed by atoms with Gasteiger partial charge in [-0.25, -0.2) is 4.79 Å². The fourth-order valence-electron chi connectivity index (χ4n) is 0.755. The fraction of sp³-hybridized carbons (Fsp3) is 0.750. The van der Waals surface area contributed by atoms with Crippen LogP contribution in [0.5, 0.6) is 0 Å². The van der Waals surface area contributed by atoms with E-state index in [2.05, 4.69) is 0 Å². The first-order valence-electron chi connectivity index (χ1n) is 4.37. The van der Waals surface area contributed by atoms with E-state index in [0.717, 1.165) is 0 Å². The summed E-state index contributed by atoms with van der Waals surface area (Å²) in [6, 6.07) is 0. The molecule has 0 aromatic carbocycles. The number of carbonyl (C=O) groups excluding carboxylic acids is 1. The van der Waals surface area contributed by atoms with Crippen LogP contribution in [0.4, 0.5) is 13.2 Å². The second-order valence-electron chi connectivity index (χ2n) is 3.61. The molecule has 2 atom stereocenters. The summed E-state index contributed by atoms with van der Waals surface area (Å²) < 4.78 is 37.3. The summed E-state index contributed by atoms with van der Waals surface area (Å²) in [5.41, 5.74) is 1.76. The number of carbonyl (C=O) groups is 2. The number of alkyl halides is 3. The van der Waals surface area contributed by atoms with Gasteiger partial charge < -0.3 is 10.8 Å². The molecule has 0 spiro atoms. The Kier molecular flexibility index (Phi) is 4.30. The molecule has 2 unspecified atom stereocenters. The first-order valence-corrected chi connectivity index (χ1v) is 4.37. The lowest BCUT2D eigenvalue weighted by molar-refractivity contribution is -0.206. The van der Waals surface area contributed by atoms with Gasteiger partial charge in [-0.2, -0.15) is 13.2 Å². The van der Waals surface area contributed by atoms with Gasteiger partial charge in [-0.3, -0.25) is 10.1 Å². The number of aliphatic carboxylic acids is 1. The number of amides is 1. The standard InChI is InChI=1S/C8H13F3N2O3/c1-4(5(12)14)3-13-7(2,6(15)16)8(9,10)11/h4,13H,3H2,1-2H3,(H2,12,14)(H,15,16). The number of halogens is 3. The average Bonchev–Trinajstić information content (AvgIpc) is 2.10. The van der Waals surface area contributed by atoms with Gasteiger partial charge in [-0.15, -0.1) is 0 Å². The van der Waals surface area contributed by atoms with E-state index in [4.69, 9.17) is 10.8 Å². The second kappa shape index (κ2) is 4.69. The minimum Gasteiger partial charge on any atom is -0.480 e. The van der Waals surface area contributed by atoms with Crippen LogP contribution in [-0.2, 0) is 9.59 Å². The average molecular weight is 242 g/mol. The van der Waals surface area contributed by atoms with Crippen LogP contribution in [-0.4, -0.2) is 35.2 Å². The van der Waals surface area contributed by atoms with Gasteiger partial charge in [0.25, 0.3) is 0 Å². The summed E-state index contributed by atoms with van der Waals surface area (Å²) in [6.45, 7) is 1.33. The molecule has 0 aromatic rings. The molecule has 0 aliphatic heterocycles. The minimum atomic E-state index is -4.96. The first kappa shape index (κ1) is 14.7. The van der Waals surface area contributed by atoms with Crippen molar-refractivity contribution in [2.75, 3.05) is 6.54 Å². The van der Waals surface area contributed by atoms with E-state index >= 15 is 0 Å². The van der Waals surface area contributed by atoms with E-state index in [9.17, 15) is 22.8 Å². The molecule has 8 heteroatoms. The molecule has 0 rings (SSSR count). The van der Waals surface area contributed by atoms with Gasteiger partial charge in [-0.05, 0) is 6.92 Å². The Hall–Kier alpha value is -1.31. The van der Waals surface area contributed by atoms with E-state index in [-0.39, 0.29) is 0 Å². The van der Waals surface area contributed by atoms with Gasteiger partial charge in [0, 0.05) is 12.5 Å². The van der Waals surface area contributed by atoms with Crippen molar-refractivity contribution in [3.63, 3.8) is 0 Å². The van der Waals surface area contributed by atoms with Crippen LogP contribution >= 0.6 is 0 Å². The Balaban J connectivity index is 4.73. The number of hydrogen-bond acceptors (Lipinski definition) is 3. The van der Waals surface area contributed by atoms with Crippen LogP contribution in [0.15, 0.2) is 0 Å². The molecule has 0 bridgehead atoms. The molecule has 0 saturated heterocycles. The van der Waals surface area contributed by atoms with Crippen molar-refractivity contribution in [3.8, 4) is 0 Å². The van der Waals surface area contributed by atoms with Crippen LogP contribution in [0.1, 0.15) is 13.8 Å². The third-order valence-corrected chi connectivity index (χ3v) is 2.24. The first-order chi connectivity index (χ1) is 7.02. The van der Waals surface area contributed by atoms with Crippen LogP contribution < -0.4 is 11.1 Å². The predicted octanol–water partition coefficient (Wildman–Crippen LogP) is 0.103. The smallest absolute Gasteiger partial charge is 0.417 e. The van der Waals surface area contributed by atoms with Crippen molar-refractivity contribution < 1.29 is 27.9 Å². The highest BCUT2D eigenvalue weighted by Crippen LogP contribution is 2.30. The number of nitrogens with two attached hydrogens (primary N) is 1. The minimum absolute atomic E-state index is 0.461. The predicted molar refractivity (Wildman–Crippen MR) is 48.5 cm³/mol. The maximum Gasteiger partial charge on any atom is 0.417 e. The van der Waals surface area contributed by atoms with Crippen molar-refractivity contribution in [2.45, 2.75) is 25.6 Å². The highest BCUT2D eigenvalue weighted by Gasteiger charge is 2.57. The largest absolute Gasteiger partial charge is 0.480 e. The van der Waals surface area contributed by atoms with Crippen molar-refractivity contribution in [3.05, 3.63) is 0 Å². The lowest BCUT2D eigenvalue weighted by Crippen LogP contribution is -2.61. The quantitative estimate of drug-likeness (QED) is 0.637. The van der Waals surface area contributed by atoms with Gasteiger partial charge in [0.15, 0.2) is 0 Å². The summed E-state index contributed by atoms with van der Waals surface area (Å²) >= 11 is 0. The molecule has 0 aromatic heterocycles. The third-order valence-electron chi connectivity index (χ3n) is 2.24. The SMILES string of the molecule is CC(CNC(C)(C(=O)O)C(F)(F)F)C(N)=O. The summed E-state index contributed by atoms with van der Waals surface area (Å²) in [5.74, 6) is -3.75. The van der Waals surface area contributed by atoms with E-state index in [1.54, 1.807) is 5.32 Å². The molecule has 4 N–H and O–H groups in total. The highest BCUT2D eigenvalue weighted by atomic mass is 19.4. The normalized spacial score (nSPS) is 17.6. The Bertz CT molecular complexity index is 293. The molecule has 5 nitrogen and oxygen atoms in total. The van der Waals surface area contributed by atoms with Crippen molar-refractivity contribution >= 4 is 11.9 Å². The van der Waals surface area contributed by atoms with Crippen LogP contribution in [0.25, 0.3) is 0 Å². The Morgan fingerprint density at radius 1 is 1.44 bits per heavy atom. The zero-order valence-electron chi connectivity index (χ0n) is 8.76. The zero-order chi connectivity index (χ0) is 13.1. The summed E-state index contributed by atoms with van der Waals surface area (Å²) in [5, 5.41) is 10.3. The molecule has 16 heavy (non-hydrogen) atoms. The molecule has 0 radical (unpaired) electrons. The fourth-order valence-corrected chi connectivity index (χ4v) is 0.755. The molecular weight excluding hydrogens is 229 g/mol. The summed E-state index contributed by atoms with van der Waals surface area (Å²) in [4.78, 5) is 21.1. The van der Waals surface area contributed by atoms with E-state index in [1.165, 1.54) is 6.92 Å². The van der Waals surface area contributed by atoms with Gasteiger partial charge in [-0.1, -0.05) is 6.92 Å². The number of carboxylic acids is 1. The topological polar surface area (TPSA) is 92.4 Å².